The molecule has 1 aliphatic heterocycles. The van der Waals surface area contributed by atoms with E-state index in [2.05, 4.69) is 5.32 Å². The second-order valence-electron chi connectivity index (χ2n) is 4.17. The van der Waals surface area contributed by atoms with Crippen molar-refractivity contribution in [2.45, 2.75) is 0 Å². The number of hydrogen-bond donors (Lipinski definition) is 3. The molecule has 1 aromatic rings. The lowest BCUT2D eigenvalue weighted by molar-refractivity contribution is -0.137. The summed E-state index contributed by atoms with van der Waals surface area (Å²) in [5.41, 5.74) is 0.577. The van der Waals surface area contributed by atoms with Gasteiger partial charge in [0, 0.05) is 6.08 Å². The Morgan fingerprint density at radius 2 is 2.05 bits per heavy atom. The maximum absolute atomic E-state index is 12.0. The summed E-state index contributed by atoms with van der Waals surface area (Å²) >= 11 is 1.86. The smallest absolute Gasteiger partial charge is 0.336 e. The number of aliphatic hydroxyl groups excluding tert-OH is 1. The second-order valence-corrected chi connectivity index (χ2v) is 5.25. The van der Waals surface area contributed by atoms with Crippen LogP contribution in [0.2, 0.25) is 0 Å². The molecular weight excluding hydrogens is 391 g/mol. The molecule has 0 saturated carbocycles. The number of carbonyl (C=O) groups excluding carboxylic acids is 2. The molecule has 8 heteroatoms. The van der Waals surface area contributed by atoms with Gasteiger partial charge in [0.1, 0.15) is 5.70 Å². The second kappa shape index (κ2) is 6.22. The molecule has 0 aromatic heterocycles. The van der Waals surface area contributed by atoms with Crippen LogP contribution in [-0.2, 0) is 9.59 Å². The van der Waals surface area contributed by atoms with Crippen LogP contribution in [-0.4, -0.2) is 46.0 Å². The third kappa shape index (κ3) is 3.05. The van der Waals surface area contributed by atoms with Crippen LogP contribution in [0.1, 0.15) is 10.4 Å². The van der Waals surface area contributed by atoms with Gasteiger partial charge in [0.15, 0.2) is 0 Å². The van der Waals surface area contributed by atoms with Crippen LogP contribution in [0.5, 0.6) is 0 Å². The van der Waals surface area contributed by atoms with E-state index >= 15 is 0 Å². The van der Waals surface area contributed by atoms with Crippen LogP contribution in [0.25, 0.3) is 0 Å². The Hall–Kier alpha value is -1.94. The fourth-order valence-corrected chi connectivity index (χ4v) is 2.57. The number of carbonyl (C=O) groups is 3. The summed E-state index contributed by atoms with van der Waals surface area (Å²) in [6.45, 7) is -0.393. The van der Waals surface area contributed by atoms with Crippen LogP contribution >= 0.6 is 22.6 Å². The summed E-state index contributed by atoms with van der Waals surface area (Å²) in [5, 5.41) is 20.6. The lowest BCUT2D eigenvalue weighted by Crippen LogP contribution is -2.34. The normalized spacial score (nSPS) is 14.4. The maximum atomic E-state index is 12.0. The number of nitrogens with one attached hydrogen (secondary N) is 1. The van der Waals surface area contributed by atoms with Gasteiger partial charge in [0.05, 0.1) is 28.0 Å². The molecule has 3 N–H and O–H groups in total. The maximum Gasteiger partial charge on any atom is 0.336 e. The SMILES string of the molecule is O=C(O)c1cccc(NC2=CC(=O)N(CCO)C2=O)c1I. The molecular formula is C13H11IN2O5. The van der Waals surface area contributed by atoms with Gasteiger partial charge in [-0.15, -0.1) is 0 Å². The molecule has 0 bridgehead atoms. The van der Waals surface area contributed by atoms with E-state index in [1.807, 2.05) is 22.6 Å². The Kier molecular flexibility index (Phi) is 4.58. The number of nitrogens with zero attached hydrogens (tertiary/aromatic N) is 1. The molecule has 1 heterocycles. The number of hydrogen-bond acceptors (Lipinski definition) is 5. The molecule has 2 rings (SSSR count). The molecule has 1 aromatic carbocycles. The Labute approximate surface area is 133 Å². The van der Waals surface area contributed by atoms with E-state index in [1.165, 1.54) is 6.07 Å². The molecule has 0 saturated heterocycles. The Morgan fingerprint density at radius 3 is 2.67 bits per heavy atom. The summed E-state index contributed by atoms with van der Waals surface area (Å²) in [6, 6.07) is 4.60. The predicted octanol–water partition coefficient (Wildman–Crippen LogP) is 0.646. The molecule has 0 fully saturated rings. The standard InChI is InChI=1S/C13H11IN2O5/c14-11-7(13(20)21)2-1-3-8(11)15-9-6-10(18)16(4-5-17)12(9)19/h1-3,6,15,17H,4-5H2,(H,20,21). The van der Waals surface area contributed by atoms with Crippen molar-refractivity contribution in [3.8, 4) is 0 Å². The van der Waals surface area contributed by atoms with Gasteiger partial charge in [-0.25, -0.2) is 4.79 Å². The number of aliphatic hydroxyl groups is 1. The molecule has 7 nitrogen and oxygen atoms in total. The molecule has 0 unspecified atom stereocenters. The highest BCUT2D eigenvalue weighted by Gasteiger charge is 2.31. The zero-order valence-corrected chi connectivity index (χ0v) is 12.8. The topological polar surface area (TPSA) is 107 Å². The average molecular weight is 402 g/mol. The summed E-state index contributed by atoms with van der Waals surface area (Å²) in [7, 11) is 0. The minimum absolute atomic E-state index is 0.0499. The zero-order chi connectivity index (χ0) is 15.6. The van der Waals surface area contributed by atoms with Crippen molar-refractivity contribution in [3.63, 3.8) is 0 Å². The number of benzene rings is 1. The lowest BCUT2D eigenvalue weighted by Gasteiger charge is -2.14. The van der Waals surface area contributed by atoms with Crippen molar-refractivity contribution in [2.24, 2.45) is 0 Å². The zero-order valence-electron chi connectivity index (χ0n) is 10.7. The van der Waals surface area contributed by atoms with E-state index in [0.29, 0.717) is 9.26 Å². The molecule has 1 aliphatic rings. The number of amides is 2. The average Bonchev–Trinajstić information content (AvgIpc) is 2.69. The van der Waals surface area contributed by atoms with Gasteiger partial charge in [0.2, 0.25) is 0 Å². The molecule has 110 valence electrons. The highest BCUT2D eigenvalue weighted by molar-refractivity contribution is 14.1. The molecule has 21 heavy (non-hydrogen) atoms. The first-order valence-electron chi connectivity index (χ1n) is 5.93. The molecule has 2 amide bonds. The van der Waals surface area contributed by atoms with Crippen LogP contribution in [0.3, 0.4) is 0 Å². The molecule has 0 atom stereocenters. The van der Waals surface area contributed by atoms with Gasteiger partial charge in [-0.05, 0) is 34.7 Å². The van der Waals surface area contributed by atoms with Gasteiger partial charge >= 0.3 is 5.97 Å². The number of rotatable bonds is 5. The van der Waals surface area contributed by atoms with Crippen molar-refractivity contribution < 1.29 is 24.6 Å². The largest absolute Gasteiger partial charge is 0.478 e. The van der Waals surface area contributed by atoms with Crippen LogP contribution < -0.4 is 5.32 Å². The van der Waals surface area contributed by atoms with Gasteiger partial charge in [-0.3, -0.25) is 14.5 Å². The van der Waals surface area contributed by atoms with E-state index in [-0.39, 0.29) is 24.4 Å². The van der Waals surface area contributed by atoms with Crippen molar-refractivity contribution in [3.05, 3.63) is 39.1 Å². The first kappa shape index (κ1) is 15.4. The minimum Gasteiger partial charge on any atom is -0.478 e. The van der Waals surface area contributed by atoms with E-state index in [1.54, 1.807) is 12.1 Å². The number of imide groups is 1. The van der Waals surface area contributed by atoms with Crippen molar-refractivity contribution in [2.75, 3.05) is 18.5 Å². The summed E-state index contributed by atoms with van der Waals surface area (Å²) in [6.07, 6.45) is 1.13. The fraction of sp³-hybridized carbons (Fsp3) is 0.154. The Bertz CT molecular complexity index is 656. The molecule has 0 radical (unpaired) electrons. The van der Waals surface area contributed by atoms with Crippen LogP contribution in [0.4, 0.5) is 5.69 Å². The van der Waals surface area contributed by atoms with E-state index in [0.717, 1.165) is 11.0 Å². The Morgan fingerprint density at radius 1 is 1.33 bits per heavy atom. The van der Waals surface area contributed by atoms with Crippen molar-refractivity contribution in [1.82, 2.24) is 4.90 Å². The van der Waals surface area contributed by atoms with Crippen LogP contribution in [0.15, 0.2) is 30.0 Å². The molecule has 0 aliphatic carbocycles. The number of halogens is 1. The number of carboxylic acids is 1. The number of aromatic carboxylic acids is 1. The number of anilines is 1. The third-order valence-corrected chi connectivity index (χ3v) is 3.99. The van der Waals surface area contributed by atoms with Crippen molar-refractivity contribution >= 4 is 46.1 Å². The first-order chi connectivity index (χ1) is 9.95. The van der Waals surface area contributed by atoms with E-state index < -0.39 is 17.8 Å². The molecule has 0 spiro atoms. The summed E-state index contributed by atoms with van der Waals surface area (Å²) in [4.78, 5) is 35.6. The quantitative estimate of drug-likeness (QED) is 0.493. The van der Waals surface area contributed by atoms with Crippen LogP contribution in [0, 0.1) is 3.57 Å². The number of carboxylic acid groups (broad SMARTS) is 1. The van der Waals surface area contributed by atoms with E-state index in [4.69, 9.17) is 10.2 Å². The monoisotopic (exact) mass is 402 g/mol. The Balaban J connectivity index is 2.26. The van der Waals surface area contributed by atoms with Crippen molar-refractivity contribution in [1.29, 1.82) is 0 Å². The lowest BCUT2D eigenvalue weighted by atomic mass is 10.2. The van der Waals surface area contributed by atoms with Gasteiger partial charge < -0.3 is 15.5 Å². The summed E-state index contributed by atoms with van der Waals surface area (Å²) in [5.74, 6) is -2.14. The van der Waals surface area contributed by atoms with Gasteiger partial charge in [0.25, 0.3) is 11.8 Å². The predicted molar refractivity (Wildman–Crippen MR) is 81.6 cm³/mol. The highest BCUT2D eigenvalue weighted by atomic mass is 127. The third-order valence-electron chi connectivity index (χ3n) is 2.83. The summed E-state index contributed by atoms with van der Waals surface area (Å²) < 4.78 is 0.435. The fourth-order valence-electron chi connectivity index (χ4n) is 1.85. The van der Waals surface area contributed by atoms with Gasteiger partial charge in [-0.2, -0.15) is 0 Å². The highest BCUT2D eigenvalue weighted by Crippen LogP contribution is 2.25. The first-order valence-corrected chi connectivity index (χ1v) is 7.00. The minimum atomic E-state index is -1.08. The van der Waals surface area contributed by atoms with E-state index in [9.17, 15) is 14.4 Å². The van der Waals surface area contributed by atoms with Gasteiger partial charge in [-0.1, -0.05) is 6.07 Å². The number of β-amino-alcohol motifs (C(OH)–C–C–N with tert-alkyl or cyclic N) is 1.